The van der Waals surface area contributed by atoms with E-state index in [9.17, 15) is 9.59 Å². The Hall–Kier alpha value is -3.60. The van der Waals surface area contributed by atoms with Crippen molar-refractivity contribution in [2.45, 2.75) is 31.5 Å². The number of nitrogens with one attached hydrogen (secondary N) is 2. The highest BCUT2D eigenvalue weighted by Gasteiger charge is 2.33. The largest absolute Gasteiger partial charge is 0.489 e. The van der Waals surface area contributed by atoms with Crippen molar-refractivity contribution in [3.05, 3.63) is 102 Å². The van der Waals surface area contributed by atoms with Crippen LogP contribution in [0, 0.1) is 0 Å². The first kappa shape index (κ1) is 19.7. The highest BCUT2D eigenvalue weighted by Crippen LogP contribution is 2.16. The monoisotopic (exact) mass is 400 g/mol. The van der Waals surface area contributed by atoms with Gasteiger partial charge in [0.1, 0.15) is 24.4 Å². The molecule has 2 N–H and O–H groups in total. The molecule has 1 fully saturated rings. The second-order valence-corrected chi connectivity index (χ2v) is 7.43. The van der Waals surface area contributed by atoms with Gasteiger partial charge in [-0.05, 0) is 28.8 Å². The van der Waals surface area contributed by atoms with Gasteiger partial charge < -0.3 is 15.4 Å². The van der Waals surface area contributed by atoms with E-state index in [1.165, 1.54) is 0 Å². The predicted molar refractivity (Wildman–Crippen MR) is 115 cm³/mol. The van der Waals surface area contributed by atoms with Gasteiger partial charge in [-0.2, -0.15) is 0 Å². The second-order valence-electron chi connectivity index (χ2n) is 7.43. The molecule has 2 atom stereocenters. The fourth-order valence-electron chi connectivity index (χ4n) is 3.51. The van der Waals surface area contributed by atoms with Crippen molar-refractivity contribution in [1.29, 1.82) is 0 Å². The van der Waals surface area contributed by atoms with Gasteiger partial charge in [-0.15, -0.1) is 0 Å². The van der Waals surface area contributed by atoms with Crippen molar-refractivity contribution < 1.29 is 14.3 Å². The predicted octanol–water partition coefficient (Wildman–Crippen LogP) is 3.03. The molecule has 1 aliphatic rings. The zero-order valence-electron chi connectivity index (χ0n) is 16.6. The normalized spacial score (nSPS) is 18.4. The SMILES string of the molecule is O=C1N[C@H](Cc2ccccc2)C(=O)N[C@H]1Cc1ccc(OCc2ccccc2)cc1. The van der Waals surface area contributed by atoms with Crippen LogP contribution in [-0.2, 0) is 29.0 Å². The molecule has 5 nitrogen and oxygen atoms in total. The lowest BCUT2D eigenvalue weighted by molar-refractivity contribution is -0.136. The highest BCUT2D eigenvalue weighted by atomic mass is 16.5. The van der Waals surface area contributed by atoms with E-state index < -0.39 is 12.1 Å². The molecule has 0 spiro atoms. The summed E-state index contributed by atoms with van der Waals surface area (Å²) in [6.45, 7) is 0.504. The molecular formula is C25H24N2O3. The lowest BCUT2D eigenvalue weighted by Gasteiger charge is -2.29. The lowest BCUT2D eigenvalue weighted by atomic mass is 9.98. The Bertz CT molecular complexity index is 988. The van der Waals surface area contributed by atoms with E-state index in [2.05, 4.69) is 10.6 Å². The van der Waals surface area contributed by atoms with Crippen LogP contribution in [0.5, 0.6) is 5.75 Å². The Balaban J connectivity index is 1.31. The summed E-state index contributed by atoms with van der Waals surface area (Å²) >= 11 is 0. The summed E-state index contributed by atoms with van der Waals surface area (Å²) in [4.78, 5) is 25.0. The molecule has 3 aromatic carbocycles. The van der Waals surface area contributed by atoms with Gasteiger partial charge in [0.25, 0.3) is 0 Å². The van der Waals surface area contributed by atoms with Gasteiger partial charge in [0, 0.05) is 12.8 Å². The zero-order chi connectivity index (χ0) is 20.8. The number of hydrogen-bond donors (Lipinski definition) is 2. The van der Waals surface area contributed by atoms with Gasteiger partial charge in [-0.25, -0.2) is 0 Å². The summed E-state index contributed by atoms with van der Waals surface area (Å²) in [6, 6.07) is 26.2. The third-order valence-corrected chi connectivity index (χ3v) is 5.16. The lowest BCUT2D eigenvalue weighted by Crippen LogP contribution is -2.62. The number of carbonyl (C=O) groups is 2. The molecule has 2 amide bonds. The van der Waals surface area contributed by atoms with Crippen molar-refractivity contribution in [2.75, 3.05) is 0 Å². The topological polar surface area (TPSA) is 67.4 Å². The second kappa shape index (κ2) is 9.27. The van der Waals surface area contributed by atoms with Crippen LogP contribution in [0.2, 0.25) is 0 Å². The molecule has 0 saturated carbocycles. The molecule has 1 heterocycles. The van der Waals surface area contributed by atoms with Gasteiger partial charge in [-0.3, -0.25) is 9.59 Å². The molecule has 0 aromatic heterocycles. The maximum absolute atomic E-state index is 12.5. The first-order chi connectivity index (χ1) is 14.7. The number of hydrogen-bond acceptors (Lipinski definition) is 3. The number of carbonyl (C=O) groups excluding carboxylic acids is 2. The van der Waals surface area contributed by atoms with E-state index in [-0.39, 0.29) is 11.8 Å². The Morgan fingerprint density at radius 1 is 0.600 bits per heavy atom. The molecule has 0 bridgehead atoms. The highest BCUT2D eigenvalue weighted by molar-refractivity contribution is 5.97. The number of ether oxygens (including phenoxy) is 1. The number of piperazine rings is 1. The van der Waals surface area contributed by atoms with Crippen LogP contribution in [0.25, 0.3) is 0 Å². The molecule has 1 aliphatic heterocycles. The standard InChI is InChI=1S/C25H24N2O3/c28-24-22(15-18-7-3-1-4-8-18)26-25(29)23(27-24)16-19-11-13-21(14-12-19)30-17-20-9-5-2-6-10-20/h1-14,22-23H,15-17H2,(H,26,29)(H,27,28)/t22-,23+/m1/s1. The van der Waals surface area contributed by atoms with Crippen molar-refractivity contribution in [2.24, 2.45) is 0 Å². The first-order valence-electron chi connectivity index (χ1n) is 10.1. The van der Waals surface area contributed by atoms with Crippen molar-refractivity contribution >= 4 is 11.8 Å². The summed E-state index contributed by atoms with van der Waals surface area (Å²) in [5.74, 6) is 0.467. The molecule has 5 heteroatoms. The zero-order valence-corrected chi connectivity index (χ0v) is 16.6. The number of benzene rings is 3. The van der Waals surface area contributed by atoms with Crippen LogP contribution in [0.3, 0.4) is 0 Å². The molecular weight excluding hydrogens is 376 g/mol. The smallest absolute Gasteiger partial charge is 0.243 e. The van der Waals surface area contributed by atoms with Crippen LogP contribution in [0.1, 0.15) is 16.7 Å². The number of amides is 2. The minimum absolute atomic E-state index is 0.147. The minimum atomic E-state index is -0.569. The molecule has 0 radical (unpaired) electrons. The molecule has 152 valence electrons. The quantitative estimate of drug-likeness (QED) is 0.641. The Morgan fingerprint density at radius 3 is 1.60 bits per heavy atom. The van der Waals surface area contributed by atoms with E-state index in [0.717, 1.165) is 22.4 Å². The van der Waals surface area contributed by atoms with E-state index in [1.54, 1.807) is 0 Å². The van der Waals surface area contributed by atoms with Gasteiger partial charge in [0.2, 0.25) is 11.8 Å². The first-order valence-corrected chi connectivity index (χ1v) is 10.1. The molecule has 1 saturated heterocycles. The average Bonchev–Trinajstić information content (AvgIpc) is 2.78. The third-order valence-electron chi connectivity index (χ3n) is 5.16. The van der Waals surface area contributed by atoms with Crippen LogP contribution >= 0.6 is 0 Å². The van der Waals surface area contributed by atoms with Crippen molar-refractivity contribution in [3.63, 3.8) is 0 Å². The number of rotatable bonds is 7. The summed E-state index contributed by atoms with van der Waals surface area (Å²) in [5, 5.41) is 5.72. The van der Waals surface area contributed by atoms with Crippen molar-refractivity contribution in [3.8, 4) is 5.75 Å². The third kappa shape index (κ3) is 5.06. The van der Waals surface area contributed by atoms with E-state index in [1.807, 2.05) is 84.9 Å². The molecule has 0 aliphatic carbocycles. The molecule has 4 rings (SSSR count). The fourth-order valence-corrected chi connectivity index (χ4v) is 3.51. The van der Waals surface area contributed by atoms with Gasteiger partial charge in [0.05, 0.1) is 0 Å². The Kier molecular flexibility index (Phi) is 6.09. The molecule has 0 unspecified atom stereocenters. The van der Waals surface area contributed by atoms with Crippen LogP contribution in [-0.4, -0.2) is 23.9 Å². The molecule has 30 heavy (non-hydrogen) atoms. The average molecular weight is 400 g/mol. The maximum Gasteiger partial charge on any atom is 0.243 e. The van der Waals surface area contributed by atoms with Crippen LogP contribution in [0.4, 0.5) is 0 Å². The Labute approximate surface area is 176 Å². The van der Waals surface area contributed by atoms with Gasteiger partial charge in [0.15, 0.2) is 0 Å². The summed E-state index contributed by atoms with van der Waals surface area (Å²) in [5.41, 5.74) is 3.08. The molecule has 3 aromatic rings. The summed E-state index contributed by atoms with van der Waals surface area (Å²) < 4.78 is 5.80. The van der Waals surface area contributed by atoms with E-state index in [0.29, 0.717) is 19.4 Å². The van der Waals surface area contributed by atoms with Crippen molar-refractivity contribution in [1.82, 2.24) is 10.6 Å². The van der Waals surface area contributed by atoms with Gasteiger partial charge >= 0.3 is 0 Å². The Morgan fingerprint density at radius 2 is 1.07 bits per heavy atom. The van der Waals surface area contributed by atoms with Gasteiger partial charge in [-0.1, -0.05) is 72.8 Å². The summed E-state index contributed by atoms with van der Waals surface area (Å²) in [6.07, 6.45) is 0.924. The minimum Gasteiger partial charge on any atom is -0.489 e. The van der Waals surface area contributed by atoms with Crippen LogP contribution in [0.15, 0.2) is 84.9 Å². The maximum atomic E-state index is 12.5. The fraction of sp³-hybridized carbons (Fsp3) is 0.200. The van der Waals surface area contributed by atoms with E-state index in [4.69, 9.17) is 4.74 Å². The van der Waals surface area contributed by atoms with E-state index >= 15 is 0 Å². The van der Waals surface area contributed by atoms with Crippen LogP contribution < -0.4 is 15.4 Å². The summed E-state index contributed by atoms with van der Waals surface area (Å²) in [7, 11) is 0.